The molecule has 0 aromatic heterocycles. The quantitative estimate of drug-likeness (QED) is 0.656. The van der Waals surface area contributed by atoms with Gasteiger partial charge < -0.3 is 10.6 Å². The zero-order chi connectivity index (χ0) is 11.3. The molecule has 0 saturated heterocycles. The van der Waals surface area contributed by atoms with E-state index in [0.717, 1.165) is 5.56 Å². The van der Waals surface area contributed by atoms with Crippen LogP contribution < -0.4 is 5.73 Å². The second-order valence-corrected chi connectivity index (χ2v) is 3.90. The lowest BCUT2D eigenvalue weighted by atomic mass is 10.2. The summed E-state index contributed by atoms with van der Waals surface area (Å²) >= 11 is 11.9. The lowest BCUT2D eigenvalue weighted by molar-refractivity contribution is 0.131. The number of halogens is 2. The summed E-state index contributed by atoms with van der Waals surface area (Å²) in [5, 5.41) is 4.82. The number of nitrogens with zero attached hydrogens (tertiary/aromatic N) is 1. The first-order valence-corrected chi connectivity index (χ1v) is 5.20. The van der Waals surface area contributed by atoms with Crippen LogP contribution in [0.15, 0.2) is 23.4 Å². The van der Waals surface area contributed by atoms with E-state index in [2.05, 4.69) is 5.16 Å². The molecule has 82 valence electrons. The highest BCUT2D eigenvalue weighted by Gasteiger charge is 2.04. The van der Waals surface area contributed by atoms with E-state index in [1.807, 2.05) is 0 Å². The lowest BCUT2D eigenvalue weighted by Gasteiger charge is -2.05. The van der Waals surface area contributed by atoms with Gasteiger partial charge in [-0.25, -0.2) is 0 Å². The minimum atomic E-state index is -0.133. The Balaban J connectivity index is 2.58. The van der Waals surface area contributed by atoms with Crippen molar-refractivity contribution in [3.63, 3.8) is 0 Å². The molecule has 15 heavy (non-hydrogen) atoms. The fourth-order valence-corrected chi connectivity index (χ4v) is 1.42. The van der Waals surface area contributed by atoms with Gasteiger partial charge in [0.2, 0.25) is 0 Å². The van der Waals surface area contributed by atoms with Gasteiger partial charge >= 0.3 is 0 Å². The molecule has 0 amide bonds. The number of rotatable bonds is 4. The van der Waals surface area contributed by atoms with Gasteiger partial charge in [0.25, 0.3) is 0 Å². The predicted molar refractivity (Wildman–Crippen MR) is 63.4 cm³/mol. The minimum absolute atomic E-state index is 0.133. The fourth-order valence-electron chi connectivity index (χ4n) is 0.911. The summed E-state index contributed by atoms with van der Waals surface area (Å²) < 4.78 is 0. The zero-order valence-corrected chi connectivity index (χ0v) is 9.79. The molecule has 5 heteroatoms. The minimum Gasteiger partial charge on any atom is -0.391 e. The van der Waals surface area contributed by atoms with E-state index in [4.69, 9.17) is 33.8 Å². The monoisotopic (exact) mass is 246 g/mol. The summed E-state index contributed by atoms with van der Waals surface area (Å²) in [5.74, 6) is 0. The second-order valence-electron chi connectivity index (χ2n) is 3.09. The van der Waals surface area contributed by atoms with Crippen LogP contribution in [0, 0.1) is 0 Å². The molecule has 0 aliphatic heterocycles. The molecule has 0 aliphatic rings. The van der Waals surface area contributed by atoms with Crippen LogP contribution >= 0.6 is 23.2 Å². The molecule has 0 heterocycles. The van der Waals surface area contributed by atoms with Crippen LogP contribution in [0.3, 0.4) is 0 Å². The first kappa shape index (κ1) is 12.3. The number of nitrogens with two attached hydrogens (primary N) is 1. The molecule has 0 bridgehead atoms. The van der Waals surface area contributed by atoms with E-state index in [1.54, 1.807) is 25.1 Å². The van der Waals surface area contributed by atoms with Crippen molar-refractivity contribution >= 4 is 29.4 Å². The van der Waals surface area contributed by atoms with Crippen molar-refractivity contribution in [3.8, 4) is 0 Å². The molecule has 0 aliphatic carbocycles. The van der Waals surface area contributed by atoms with Crippen LogP contribution in [0.25, 0.3) is 0 Å². The van der Waals surface area contributed by atoms with Gasteiger partial charge in [0.05, 0.1) is 6.21 Å². The highest BCUT2D eigenvalue weighted by atomic mass is 35.5. The Morgan fingerprint density at radius 1 is 1.47 bits per heavy atom. The first-order valence-electron chi connectivity index (χ1n) is 4.45. The van der Waals surface area contributed by atoms with Gasteiger partial charge in [-0.1, -0.05) is 34.4 Å². The Bertz CT molecular complexity index is 333. The third kappa shape index (κ3) is 4.08. The van der Waals surface area contributed by atoms with Gasteiger partial charge in [0, 0.05) is 21.7 Å². The number of oxime groups is 1. The summed E-state index contributed by atoms with van der Waals surface area (Å²) in [6, 6.07) is 5.15. The lowest BCUT2D eigenvalue weighted by Crippen LogP contribution is -2.16. The molecule has 2 N–H and O–H groups in total. The third-order valence-electron chi connectivity index (χ3n) is 1.64. The molecule has 0 saturated carbocycles. The maximum Gasteiger partial charge on any atom is 0.145 e. The maximum absolute atomic E-state index is 5.93. The smallest absolute Gasteiger partial charge is 0.145 e. The van der Waals surface area contributed by atoms with E-state index in [1.165, 1.54) is 6.21 Å². The van der Waals surface area contributed by atoms with Gasteiger partial charge in [-0.2, -0.15) is 0 Å². The van der Waals surface area contributed by atoms with Crippen molar-refractivity contribution in [3.05, 3.63) is 33.8 Å². The van der Waals surface area contributed by atoms with Gasteiger partial charge in [-0.3, -0.25) is 0 Å². The Morgan fingerprint density at radius 2 is 2.07 bits per heavy atom. The SMILES string of the molecule is CC(N)/C=N/OCc1c(Cl)cccc1Cl. The average Bonchev–Trinajstić information content (AvgIpc) is 2.15. The van der Waals surface area contributed by atoms with E-state index < -0.39 is 0 Å². The van der Waals surface area contributed by atoms with Crippen molar-refractivity contribution in [2.75, 3.05) is 0 Å². The van der Waals surface area contributed by atoms with Crippen molar-refractivity contribution in [2.45, 2.75) is 19.6 Å². The molecular weight excluding hydrogens is 235 g/mol. The van der Waals surface area contributed by atoms with Crippen LogP contribution in [-0.2, 0) is 11.4 Å². The van der Waals surface area contributed by atoms with Crippen molar-refractivity contribution in [1.29, 1.82) is 0 Å². The van der Waals surface area contributed by atoms with Crippen molar-refractivity contribution in [2.24, 2.45) is 10.9 Å². The first-order chi connectivity index (χ1) is 7.11. The van der Waals surface area contributed by atoms with Gasteiger partial charge in [-0.05, 0) is 19.1 Å². The highest BCUT2D eigenvalue weighted by Crippen LogP contribution is 2.24. The topological polar surface area (TPSA) is 47.6 Å². The third-order valence-corrected chi connectivity index (χ3v) is 2.35. The van der Waals surface area contributed by atoms with Crippen LogP contribution in [-0.4, -0.2) is 12.3 Å². The molecule has 1 rings (SSSR count). The van der Waals surface area contributed by atoms with Crippen LogP contribution in [0.2, 0.25) is 10.0 Å². The summed E-state index contributed by atoms with van der Waals surface area (Å²) in [6.45, 7) is 2.04. The van der Waals surface area contributed by atoms with E-state index in [9.17, 15) is 0 Å². The van der Waals surface area contributed by atoms with Crippen LogP contribution in [0.4, 0.5) is 0 Å². The Labute approximate surface area is 98.8 Å². The van der Waals surface area contributed by atoms with Crippen molar-refractivity contribution in [1.82, 2.24) is 0 Å². The summed E-state index contributed by atoms with van der Waals surface area (Å²) in [5.41, 5.74) is 6.17. The Hall–Kier alpha value is -0.770. The van der Waals surface area contributed by atoms with Crippen LogP contribution in [0.5, 0.6) is 0 Å². The normalized spacial score (nSPS) is 13.1. The predicted octanol–water partition coefficient (Wildman–Crippen LogP) is 2.84. The van der Waals surface area contributed by atoms with E-state index in [0.29, 0.717) is 10.0 Å². The summed E-state index contributed by atoms with van der Waals surface area (Å²) in [7, 11) is 0. The second kappa shape index (κ2) is 5.95. The largest absolute Gasteiger partial charge is 0.391 e. The molecule has 0 radical (unpaired) electrons. The molecule has 0 spiro atoms. The molecular formula is C10H12Cl2N2O. The number of hydrogen-bond donors (Lipinski definition) is 1. The van der Waals surface area contributed by atoms with E-state index in [-0.39, 0.29) is 12.6 Å². The zero-order valence-electron chi connectivity index (χ0n) is 8.28. The molecule has 1 aromatic rings. The average molecular weight is 247 g/mol. The number of benzene rings is 1. The molecule has 3 nitrogen and oxygen atoms in total. The van der Waals surface area contributed by atoms with Gasteiger partial charge in [0.15, 0.2) is 0 Å². The van der Waals surface area contributed by atoms with Crippen molar-refractivity contribution < 1.29 is 4.84 Å². The standard InChI is InChI=1S/C10H12Cl2N2O/c1-7(13)5-14-15-6-8-9(11)3-2-4-10(8)12/h2-5,7H,6,13H2,1H3/b14-5+. The van der Waals surface area contributed by atoms with E-state index >= 15 is 0 Å². The molecule has 1 aromatic carbocycles. The van der Waals surface area contributed by atoms with Gasteiger partial charge in [0.1, 0.15) is 6.61 Å². The fraction of sp³-hybridized carbons (Fsp3) is 0.300. The molecule has 1 unspecified atom stereocenters. The maximum atomic E-state index is 5.93. The molecule has 0 fully saturated rings. The van der Waals surface area contributed by atoms with Crippen LogP contribution in [0.1, 0.15) is 12.5 Å². The highest BCUT2D eigenvalue weighted by molar-refractivity contribution is 6.35. The molecule has 1 atom stereocenters. The summed E-state index contributed by atoms with van der Waals surface area (Å²) in [6.07, 6.45) is 1.50. The summed E-state index contributed by atoms with van der Waals surface area (Å²) in [4.78, 5) is 5.01. The Kier molecular flexibility index (Phi) is 4.88. The van der Waals surface area contributed by atoms with Gasteiger partial charge in [-0.15, -0.1) is 0 Å². The Morgan fingerprint density at radius 3 is 2.60 bits per heavy atom. The number of hydrogen-bond acceptors (Lipinski definition) is 3.